The monoisotopic (exact) mass is 210 g/mol. The Labute approximate surface area is 87.9 Å². The summed E-state index contributed by atoms with van der Waals surface area (Å²) in [4.78, 5) is 11.6. The number of hydrogen-bond donors (Lipinski definition) is 1. The van der Waals surface area contributed by atoms with Gasteiger partial charge < -0.3 is 4.74 Å². The van der Waals surface area contributed by atoms with Gasteiger partial charge in [-0.3, -0.25) is 9.48 Å². The topological polar surface area (TPSA) is 68.5 Å². The fourth-order valence-electron chi connectivity index (χ4n) is 0.997. The van der Waals surface area contributed by atoms with Gasteiger partial charge in [-0.2, -0.15) is 5.10 Å². The summed E-state index contributed by atoms with van der Waals surface area (Å²) in [5, 5.41) is 7.77. The molecule has 0 saturated heterocycles. The Bertz CT molecular complexity index is 391. The summed E-state index contributed by atoms with van der Waals surface area (Å²) >= 11 is 0. The van der Waals surface area contributed by atoms with Crippen molar-refractivity contribution in [2.75, 3.05) is 7.11 Å². The fraction of sp³-hybridized carbons (Fsp3) is 0.444. The van der Waals surface area contributed by atoms with Crippen LogP contribution in [0.25, 0.3) is 0 Å². The molecule has 1 aromatic rings. The van der Waals surface area contributed by atoms with Crippen LogP contribution in [0, 0.1) is 0 Å². The van der Waals surface area contributed by atoms with Crippen LogP contribution in [-0.4, -0.2) is 28.5 Å². The van der Waals surface area contributed by atoms with Crippen LogP contribution in [0.2, 0.25) is 0 Å². The van der Waals surface area contributed by atoms with Crippen LogP contribution < -0.4 is 10.2 Å². The zero-order valence-electron chi connectivity index (χ0n) is 9.24. The van der Waals surface area contributed by atoms with Gasteiger partial charge in [0.2, 0.25) is 5.88 Å². The van der Waals surface area contributed by atoms with Crippen molar-refractivity contribution in [3.8, 4) is 5.88 Å². The molecule has 0 radical (unpaired) electrons. The fourth-order valence-corrected chi connectivity index (χ4v) is 0.997. The van der Waals surface area contributed by atoms with Crippen LogP contribution in [0.4, 0.5) is 0 Å². The van der Waals surface area contributed by atoms with E-state index in [-0.39, 0.29) is 5.91 Å². The SMILES string of the molecule is COc1nn(C)cc1C(=O)NN=C(C)C. The molecule has 6 nitrogen and oxygen atoms in total. The normalized spacial score (nSPS) is 9.60. The van der Waals surface area contributed by atoms with Crippen LogP contribution in [0.3, 0.4) is 0 Å². The van der Waals surface area contributed by atoms with E-state index in [4.69, 9.17) is 4.74 Å². The number of aromatic nitrogens is 2. The third kappa shape index (κ3) is 2.80. The van der Waals surface area contributed by atoms with Gasteiger partial charge in [0, 0.05) is 19.0 Å². The highest BCUT2D eigenvalue weighted by molar-refractivity contribution is 5.96. The summed E-state index contributed by atoms with van der Waals surface area (Å²) in [6.07, 6.45) is 1.58. The number of nitrogens with zero attached hydrogens (tertiary/aromatic N) is 3. The first kappa shape index (κ1) is 11.2. The molecule has 15 heavy (non-hydrogen) atoms. The third-order valence-corrected chi connectivity index (χ3v) is 1.61. The molecule has 0 aromatic carbocycles. The lowest BCUT2D eigenvalue weighted by Crippen LogP contribution is -2.18. The predicted octanol–water partition coefficient (Wildman–Crippen LogP) is 0.554. The van der Waals surface area contributed by atoms with E-state index in [1.54, 1.807) is 27.1 Å². The summed E-state index contributed by atoms with van der Waals surface area (Å²) in [6.45, 7) is 3.58. The van der Waals surface area contributed by atoms with Crippen molar-refractivity contribution in [3.63, 3.8) is 0 Å². The molecule has 0 saturated carbocycles. The maximum atomic E-state index is 11.6. The Morgan fingerprint density at radius 3 is 2.80 bits per heavy atom. The number of amides is 1. The van der Waals surface area contributed by atoms with Gasteiger partial charge in [0.25, 0.3) is 5.91 Å². The van der Waals surface area contributed by atoms with Gasteiger partial charge >= 0.3 is 0 Å². The molecule has 0 aliphatic carbocycles. The van der Waals surface area contributed by atoms with Crippen molar-refractivity contribution in [1.82, 2.24) is 15.2 Å². The molecule has 0 unspecified atom stereocenters. The molecule has 82 valence electrons. The van der Waals surface area contributed by atoms with E-state index < -0.39 is 0 Å². The molecule has 1 N–H and O–H groups in total. The number of hydrogen-bond acceptors (Lipinski definition) is 4. The number of carbonyl (C=O) groups is 1. The van der Waals surface area contributed by atoms with Gasteiger partial charge in [-0.1, -0.05) is 0 Å². The van der Waals surface area contributed by atoms with E-state index in [2.05, 4.69) is 15.6 Å². The molecule has 0 bridgehead atoms. The number of ether oxygens (including phenoxy) is 1. The standard InChI is InChI=1S/C9H14N4O2/c1-6(2)10-11-8(14)7-5-13(3)12-9(7)15-4/h5H,1-4H3,(H,11,14). The third-order valence-electron chi connectivity index (χ3n) is 1.61. The van der Waals surface area contributed by atoms with Gasteiger partial charge in [-0.15, -0.1) is 5.10 Å². The average Bonchev–Trinajstić information content (AvgIpc) is 2.56. The van der Waals surface area contributed by atoms with E-state index in [1.165, 1.54) is 11.8 Å². The van der Waals surface area contributed by atoms with Crippen LogP contribution in [0.5, 0.6) is 5.88 Å². The molecule has 1 heterocycles. The minimum Gasteiger partial charge on any atom is -0.479 e. The van der Waals surface area contributed by atoms with Crippen molar-refractivity contribution in [1.29, 1.82) is 0 Å². The summed E-state index contributed by atoms with van der Waals surface area (Å²) in [5.74, 6) is -0.0416. The molecule has 0 aliphatic heterocycles. The Balaban J connectivity index is 2.86. The van der Waals surface area contributed by atoms with Crippen molar-refractivity contribution in [3.05, 3.63) is 11.8 Å². The van der Waals surface area contributed by atoms with Gasteiger partial charge in [-0.05, 0) is 13.8 Å². The first-order valence-electron chi connectivity index (χ1n) is 4.43. The lowest BCUT2D eigenvalue weighted by molar-refractivity contribution is 0.0951. The zero-order valence-corrected chi connectivity index (χ0v) is 9.24. The Kier molecular flexibility index (Phi) is 3.43. The number of aryl methyl sites for hydroxylation is 1. The summed E-state index contributed by atoms with van der Waals surface area (Å²) in [5.41, 5.74) is 3.54. The van der Waals surface area contributed by atoms with Crippen LogP contribution >= 0.6 is 0 Å². The predicted molar refractivity (Wildman–Crippen MR) is 56.0 cm³/mol. The lowest BCUT2D eigenvalue weighted by Gasteiger charge is -1.99. The average molecular weight is 210 g/mol. The first-order chi connectivity index (χ1) is 7.04. The highest BCUT2D eigenvalue weighted by Crippen LogP contribution is 2.13. The lowest BCUT2D eigenvalue weighted by atomic mass is 10.3. The maximum Gasteiger partial charge on any atom is 0.278 e. The van der Waals surface area contributed by atoms with Gasteiger partial charge in [0.15, 0.2) is 0 Å². The second kappa shape index (κ2) is 4.59. The minimum absolute atomic E-state index is 0.291. The number of hydrazone groups is 1. The van der Waals surface area contributed by atoms with Crippen LogP contribution in [0.1, 0.15) is 24.2 Å². The Morgan fingerprint density at radius 1 is 1.60 bits per heavy atom. The summed E-state index contributed by atoms with van der Waals surface area (Å²) < 4.78 is 6.46. The van der Waals surface area contributed by atoms with E-state index in [0.29, 0.717) is 11.4 Å². The molecule has 0 atom stereocenters. The number of rotatable bonds is 3. The van der Waals surface area contributed by atoms with Gasteiger partial charge in [0.05, 0.1) is 7.11 Å². The smallest absolute Gasteiger partial charge is 0.278 e. The van der Waals surface area contributed by atoms with Crippen molar-refractivity contribution < 1.29 is 9.53 Å². The molecule has 1 amide bonds. The van der Waals surface area contributed by atoms with Crippen LogP contribution in [0.15, 0.2) is 11.3 Å². The second-order valence-electron chi connectivity index (χ2n) is 3.23. The van der Waals surface area contributed by atoms with E-state index in [1.807, 2.05) is 0 Å². The number of carbonyl (C=O) groups excluding carboxylic acids is 1. The van der Waals surface area contributed by atoms with Crippen molar-refractivity contribution in [2.45, 2.75) is 13.8 Å². The van der Waals surface area contributed by atoms with Crippen molar-refractivity contribution >= 4 is 11.6 Å². The van der Waals surface area contributed by atoms with E-state index in [9.17, 15) is 4.79 Å². The number of nitrogens with one attached hydrogen (secondary N) is 1. The number of methoxy groups -OCH3 is 1. The highest BCUT2D eigenvalue weighted by Gasteiger charge is 2.15. The summed E-state index contributed by atoms with van der Waals surface area (Å²) in [6, 6.07) is 0. The minimum atomic E-state index is -0.332. The molecule has 1 aromatic heterocycles. The zero-order chi connectivity index (χ0) is 11.4. The molecule has 0 fully saturated rings. The molecular formula is C9H14N4O2. The molecular weight excluding hydrogens is 196 g/mol. The Morgan fingerprint density at radius 2 is 2.27 bits per heavy atom. The molecule has 0 spiro atoms. The largest absolute Gasteiger partial charge is 0.479 e. The molecule has 0 aliphatic rings. The van der Waals surface area contributed by atoms with E-state index in [0.717, 1.165) is 5.71 Å². The summed E-state index contributed by atoms with van der Waals surface area (Å²) in [7, 11) is 3.18. The maximum absolute atomic E-state index is 11.6. The Hall–Kier alpha value is -1.85. The molecule has 6 heteroatoms. The van der Waals surface area contributed by atoms with Crippen molar-refractivity contribution in [2.24, 2.45) is 12.1 Å². The quantitative estimate of drug-likeness (QED) is 0.585. The second-order valence-corrected chi connectivity index (χ2v) is 3.23. The van der Waals surface area contributed by atoms with Gasteiger partial charge in [0.1, 0.15) is 5.56 Å². The van der Waals surface area contributed by atoms with Crippen LogP contribution in [-0.2, 0) is 7.05 Å². The van der Waals surface area contributed by atoms with E-state index >= 15 is 0 Å². The highest BCUT2D eigenvalue weighted by atomic mass is 16.5. The first-order valence-corrected chi connectivity index (χ1v) is 4.43. The molecule has 1 rings (SSSR count). The van der Waals surface area contributed by atoms with Gasteiger partial charge in [-0.25, -0.2) is 5.43 Å².